The SMILES string of the molecule is CCC(=O)N(c1ccccc1)[C@@H](C)[C@H]1CCCN(OC(=O)c2ccccc2)C1. The van der Waals surface area contributed by atoms with Gasteiger partial charge in [-0.05, 0) is 49.9 Å². The van der Waals surface area contributed by atoms with Crippen LogP contribution < -0.4 is 4.90 Å². The molecule has 2 aromatic rings. The number of para-hydroxylation sites is 1. The second-order valence-corrected chi connectivity index (χ2v) is 7.23. The maximum atomic E-state index is 12.7. The molecule has 2 atom stereocenters. The summed E-state index contributed by atoms with van der Waals surface area (Å²) in [6.45, 7) is 5.32. The van der Waals surface area contributed by atoms with Gasteiger partial charge in [-0.25, -0.2) is 4.79 Å². The van der Waals surface area contributed by atoms with E-state index in [0.29, 0.717) is 18.5 Å². The highest BCUT2D eigenvalue weighted by Gasteiger charge is 2.32. The smallest absolute Gasteiger partial charge is 0.357 e. The van der Waals surface area contributed by atoms with Crippen molar-refractivity contribution in [3.05, 3.63) is 66.2 Å². The number of amides is 1. The monoisotopic (exact) mass is 380 g/mol. The van der Waals surface area contributed by atoms with Gasteiger partial charge in [-0.3, -0.25) is 4.79 Å². The minimum absolute atomic E-state index is 0.0214. The normalized spacial score (nSPS) is 18.3. The lowest BCUT2D eigenvalue weighted by molar-refractivity contribution is -0.133. The Morgan fingerprint density at radius 2 is 1.75 bits per heavy atom. The Bertz CT molecular complexity index is 779. The van der Waals surface area contributed by atoms with Crippen LogP contribution in [0.2, 0.25) is 0 Å². The molecule has 1 saturated heterocycles. The van der Waals surface area contributed by atoms with Crippen LogP contribution in [0, 0.1) is 5.92 Å². The number of rotatable bonds is 6. The zero-order valence-electron chi connectivity index (χ0n) is 16.6. The first-order chi connectivity index (χ1) is 13.6. The van der Waals surface area contributed by atoms with Crippen LogP contribution in [0.15, 0.2) is 60.7 Å². The Kier molecular flexibility index (Phi) is 6.82. The van der Waals surface area contributed by atoms with Crippen LogP contribution in [-0.2, 0) is 9.63 Å². The van der Waals surface area contributed by atoms with Crippen LogP contribution in [0.4, 0.5) is 5.69 Å². The molecule has 148 valence electrons. The fourth-order valence-corrected chi connectivity index (χ4v) is 3.77. The first kappa shape index (κ1) is 20.1. The molecule has 0 N–H and O–H groups in total. The zero-order chi connectivity index (χ0) is 19.9. The van der Waals surface area contributed by atoms with Gasteiger partial charge in [-0.2, -0.15) is 0 Å². The molecular weight excluding hydrogens is 352 g/mol. The lowest BCUT2D eigenvalue weighted by Crippen LogP contribution is -2.49. The summed E-state index contributed by atoms with van der Waals surface area (Å²) in [5.41, 5.74) is 1.46. The van der Waals surface area contributed by atoms with Crippen molar-refractivity contribution in [2.75, 3.05) is 18.0 Å². The van der Waals surface area contributed by atoms with E-state index < -0.39 is 0 Å². The van der Waals surface area contributed by atoms with Crippen LogP contribution in [0.3, 0.4) is 0 Å². The largest absolute Gasteiger partial charge is 0.364 e. The first-order valence-corrected chi connectivity index (χ1v) is 9.99. The number of piperidine rings is 1. The van der Waals surface area contributed by atoms with Gasteiger partial charge in [0.05, 0.1) is 5.56 Å². The highest BCUT2D eigenvalue weighted by molar-refractivity contribution is 5.93. The minimum atomic E-state index is -0.335. The second-order valence-electron chi connectivity index (χ2n) is 7.23. The molecular formula is C23H28N2O3. The fourth-order valence-electron chi connectivity index (χ4n) is 3.77. The van der Waals surface area contributed by atoms with Crippen molar-refractivity contribution in [2.24, 2.45) is 5.92 Å². The summed E-state index contributed by atoms with van der Waals surface area (Å²) in [4.78, 5) is 32.6. The third-order valence-electron chi connectivity index (χ3n) is 5.34. The lowest BCUT2D eigenvalue weighted by Gasteiger charge is -2.39. The van der Waals surface area contributed by atoms with E-state index in [4.69, 9.17) is 4.84 Å². The Labute approximate surface area is 166 Å². The fraction of sp³-hybridized carbons (Fsp3) is 0.391. The number of anilines is 1. The van der Waals surface area contributed by atoms with E-state index in [9.17, 15) is 9.59 Å². The van der Waals surface area contributed by atoms with Crippen molar-refractivity contribution >= 4 is 17.6 Å². The Morgan fingerprint density at radius 1 is 1.11 bits per heavy atom. The highest BCUT2D eigenvalue weighted by Crippen LogP contribution is 2.28. The summed E-state index contributed by atoms with van der Waals surface area (Å²) in [6.07, 6.45) is 2.39. The molecule has 1 heterocycles. The summed E-state index contributed by atoms with van der Waals surface area (Å²) in [7, 11) is 0. The maximum absolute atomic E-state index is 12.7. The van der Waals surface area contributed by atoms with Gasteiger partial charge < -0.3 is 9.74 Å². The molecule has 1 amide bonds. The Balaban J connectivity index is 1.69. The van der Waals surface area contributed by atoms with E-state index in [-0.39, 0.29) is 23.8 Å². The van der Waals surface area contributed by atoms with Crippen molar-refractivity contribution in [2.45, 2.75) is 39.2 Å². The van der Waals surface area contributed by atoms with Crippen LogP contribution in [0.1, 0.15) is 43.5 Å². The van der Waals surface area contributed by atoms with Crippen molar-refractivity contribution in [3.63, 3.8) is 0 Å². The molecule has 1 aliphatic heterocycles. The summed E-state index contributed by atoms with van der Waals surface area (Å²) in [5, 5.41) is 1.75. The van der Waals surface area contributed by atoms with Gasteiger partial charge in [-0.1, -0.05) is 43.3 Å². The summed E-state index contributed by atoms with van der Waals surface area (Å²) in [6, 6.07) is 18.9. The second kappa shape index (κ2) is 9.51. The van der Waals surface area contributed by atoms with Crippen molar-refractivity contribution in [1.29, 1.82) is 0 Å². The molecule has 0 spiro atoms. The summed E-state index contributed by atoms with van der Waals surface area (Å²) >= 11 is 0. The van der Waals surface area contributed by atoms with Crippen LogP contribution in [-0.4, -0.2) is 36.1 Å². The standard InChI is InChI=1S/C23H28N2O3/c1-3-22(26)25(21-14-8-5-9-15-21)18(2)20-13-10-16-24(17-20)28-23(27)19-11-6-4-7-12-19/h4-9,11-12,14-15,18,20H,3,10,13,16-17H2,1-2H3/t18-,20-/m0/s1. The molecule has 28 heavy (non-hydrogen) atoms. The van der Waals surface area contributed by atoms with E-state index in [2.05, 4.69) is 6.92 Å². The zero-order valence-corrected chi connectivity index (χ0v) is 16.6. The van der Waals surface area contributed by atoms with Gasteiger partial charge in [-0.15, -0.1) is 5.06 Å². The molecule has 0 aromatic heterocycles. The molecule has 2 aromatic carbocycles. The molecule has 3 rings (SSSR count). The summed E-state index contributed by atoms with van der Waals surface area (Å²) < 4.78 is 0. The number of hydrogen-bond donors (Lipinski definition) is 0. The maximum Gasteiger partial charge on any atom is 0.357 e. The van der Waals surface area contributed by atoms with E-state index in [1.165, 1.54) is 0 Å². The molecule has 0 unspecified atom stereocenters. The summed E-state index contributed by atoms with van der Waals surface area (Å²) in [5.74, 6) is 0.00332. The Morgan fingerprint density at radius 3 is 2.39 bits per heavy atom. The first-order valence-electron chi connectivity index (χ1n) is 9.99. The molecule has 1 aliphatic rings. The molecule has 0 bridgehead atoms. The van der Waals surface area contributed by atoms with Crippen molar-refractivity contribution in [3.8, 4) is 0 Å². The number of hydroxylamine groups is 2. The van der Waals surface area contributed by atoms with Gasteiger partial charge in [0, 0.05) is 31.2 Å². The number of carbonyl (C=O) groups is 2. The van der Waals surface area contributed by atoms with E-state index >= 15 is 0 Å². The number of nitrogens with zero attached hydrogens (tertiary/aromatic N) is 2. The van der Waals surface area contributed by atoms with Gasteiger partial charge in [0.1, 0.15) is 0 Å². The molecule has 5 nitrogen and oxygen atoms in total. The molecule has 0 aliphatic carbocycles. The van der Waals surface area contributed by atoms with Gasteiger partial charge in [0.2, 0.25) is 5.91 Å². The van der Waals surface area contributed by atoms with Gasteiger partial charge >= 0.3 is 5.97 Å². The topological polar surface area (TPSA) is 49.9 Å². The highest BCUT2D eigenvalue weighted by atomic mass is 16.7. The number of carbonyl (C=O) groups excluding carboxylic acids is 2. The van der Waals surface area contributed by atoms with E-state index in [0.717, 1.165) is 25.1 Å². The predicted octanol–water partition coefficient (Wildman–Crippen LogP) is 4.30. The van der Waals surface area contributed by atoms with Crippen LogP contribution in [0.5, 0.6) is 0 Å². The molecule has 0 radical (unpaired) electrons. The molecule has 0 saturated carbocycles. The van der Waals surface area contributed by atoms with Gasteiger partial charge in [0.25, 0.3) is 0 Å². The van der Waals surface area contributed by atoms with Crippen molar-refractivity contribution < 1.29 is 14.4 Å². The molecule has 5 heteroatoms. The lowest BCUT2D eigenvalue weighted by atomic mass is 9.91. The third-order valence-corrected chi connectivity index (χ3v) is 5.34. The molecule has 1 fully saturated rings. The average molecular weight is 380 g/mol. The third kappa shape index (κ3) is 4.78. The number of hydrogen-bond acceptors (Lipinski definition) is 4. The van der Waals surface area contributed by atoms with E-state index in [1.807, 2.05) is 60.4 Å². The van der Waals surface area contributed by atoms with Gasteiger partial charge in [0.15, 0.2) is 0 Å². The predicted molar refractivity (Wildman–Crippen MR) is 110 cm³/mol. The van der Waals surface area contributed by atoms with Crippen LogP contribution in [0.25, 0.3) is 0 Å². The van der Waals surface area contributed by atoms with Crippen LogP contribution >= 0.6 is 0 Å². The van der Waals surface area contributed by atoms with Crippen molar-refractivity contribution in [1.82, 2.24) is 5.06 Å². The van der Waals surface area contributed by atoms with E-state index in [1.54, 1.807) is 17.2 Å². The number of benzene rings is 2. The Hall–Kier alpha value is -2.66. The quantitative estimate of drug-likeness (QED) is 0.750. The average Bonchev–Trinajstić information content (AvgIpc) is 2.75. The minimum Gasteiger partial charge on any atom is -0.364 e.